The van der Waals surface area contributed by atoms with E-state index in [2.05, 4.69) is 12.2 Å². The number of anilines is 1. The molecule has 2 amide bonds. The second-order valence-corrected chi connectivity index (χ2v) is 9.92. The predicted molar refractivity (Wildman–Crippen MR) is 129 cm³/mol. The molecule has 0 saturated carbocycles. The fraction of sp³-hybridized carbons (Fsp3) is 0.731. The van der Waals surface area contributed by atoms with Gasteiger partial charge >= 0.3 is 6.03 Å². The van der Waals surface area contributed by atoms with Crippen LogP contribution >= 0.6 is 0 Å². The number of urea groups is 1. The lowest BCUT2D eigenvalue weighted by Gasteiger charge is -2.43. The summed E-state index contributed by atoms with van der Waals surface area (Å²) in [7, 11) is 0. The Kier molecular flexibility index (Phi) is 13.0. The first-order chi connectivity index (χ1) is 16.4. The molecule has 0 spiro atoms. The summed E-state index contributed by atoms with van der Waals surface area (Å²) in [5.41, 5.74) is -2.28. The minimum Gasteiger partial charge on any atom is -0.389 e. The topological polar surface area (TPSA) is 61.4 Å². The third kappa shape index (κ3) is 8.33. The second-order valence-electron chi connectivity index (χ2n) is 9.92. The van der Waals surface area contributed by atoms with E-state index in [1.807, 2.05) is 27.7 Å². The van der Waals surface area contributed by atoms with Gasteiger partial charge in [-0.2, -0.15) is 0 Å². The van der Waals surface area contributed by atoms with Crippen LogP contribution in [0.15, 0.2) is 0 Å². The van der Waals surface area contributed by atoms with E-state index in [4.69, 9.17) is 0 Å². The fourth-order valence-electron chi connectivity index (χ4n) is 4.81. The monoisotopic (exact) mass is 508 g/mol. The lowest BCUT2D eigenvalue weighted by atomic mass is 9.68. The van der Waals surface area contributed by atoms with Gasteiger partial charge in [0.05, 0.1) is 5.60 Å². The summed E-state index contributed by atoms with van der Waals surface area (Å²) >= 11 is 0. The average Bonchev–Trinajstić information content (AvgIpc) is 2.81. The van der Waals surface area contributed by atoms with Gasteiger partial charge < -0.3 is 15.7 Å². The Hall–Kier alpha value is -1.90. The van der Waals surface area contributed by atoms with Gasteiger partial charge in [0.2, 0.25) is 5.82 Å². The number of carbonyl (C=O) groups excluding carboxylic acids is 1. The number of nitrogens with one attached hydrogen (secondary N) is 2. The zero-order valence-corrected chi connectivity index (χ0v) is 21.5. The first kappa shape index (κ1) is 31.1. The Morgan fingerprint density at radius 1 is 0.771 bits per heavy atom. The number of carbonyl (C=O) groups is 1. The molecule has 1 aromatic carbocycles. The molecule has 202 valence electrons. The Bertz CT molecular complexity index is 780. The molecule has 9 heteroatoms. The van der Waals surface area contributed by atoms with Crippen LogP contribution in [0.2, 0.25) is 0 Å². The van der Waals surface area contributed by atoms with Crippen LogP contribution in [-0.4, -0.2) is 23.3 Å². The van der Waals surface area contributed by atoms with Crippen molar-refractivity contribution in [3.8, 4) is 0 Å². The minimum atomic E-state index is -2.29. The molecule has 4 nitrogen and oxygen atoms in total. The molecule has 1 aromatic rings. The van der Waals surface area contributed by atoms with Crippen LogP contribution in [0, 0.1) is 46.8 Å². The van der Waals surface area contributed by atoms with Crippen molar-refractivity contribution in [2.24, 2.45) is 17.8 Å². The van der Waals surface area contributed by atoms with E-state index in [1.54, 1.807) is 5.32 Å². The van der Waals surface area contributed by atoms with E-state index in [1.165, 1.54) is 19.3 Å². The maximum Gasteiger partial charge on any atom is 0.319 e. The molecule has 0 heterocycles. The molecule has 1 unspecified atom stereocenters. The third-order valence-corrected chi connectivity index (χ3v) is 6.87. The Labute approximate surface area is 206 Å². The van der Waals surface area contributed by atoms with Gasteiger partial charge in [0.1, 0.15) is 5.69 Å². The standard InChI is InChI=1S/C26H41F5N2O2/c1-6-7-8-9-10-11-13-18(26(35,16(2)3)17(4)5)14-12-15-32-25(34)33-24-22(30)20(28)19(27)21(29)23(24)31/h16-18,35H,6-15H2,1-5H3,(H2,32,33,34). The highest BCUT2D eigenvalue weighted by atomic mass is 19.2. The highest BCUT2D eigenvalue weighted by Gasteiger charge is 2.41. The lowest BCUT2D eigenvalue weighted by Crippen LogP contribution is -2.48. The molecule has 3 N–H and O–H groups in total. The van der Waals surface area contributed by atoms with E-state index >= 15 is 0 Å². The van der Waals surface area contributed by atoms with Gasteiger partial charge in [-0.15, -0.1) is 0 Å². The van der Waals surface area contributed by atoms with Crippen molar-refractivity contribution in [1.29, 1.82) is 0 Å². The SMILES string of the molecule is CCCCCCCCC(CCCNC(=O)Nc1c(F)c(F)c(F)c(F)c1F)C(O)(C(C)C)C(C)C. The van der Waals surface area contributed by atoms with Crippen LogP contribution in [0.5, 0.6) is 0 Å². The Balaban J connectivity index is 2.72. The Morgan fingerprint density at radius 3 is 1.74 bits per heavy atom. The number of unbranched alkanes of at least 4 members (excludes halogenated alkanes) is 5. The maximum atomic E-state index is 13.8. The summed E-state index contributed by atoms with van der Waals surface area (Å²) in [5.74, 6) is -10.7. The van der Waals surface area contributed by atoms with Crippen LogP contribution < -0.4 is 10.6 Å². The van der Waals surface area contributed by atoms with Crippen molar-refractivity contribution < 1.29 is 31.9 Å². The predicted octanol–water partition coefficient (Wildman–Crippen LogP) is 7.69. The summed E-state index contributed by atoms with van der Waals surface area (Å²) < 4.78 is 67.3. The first-order valence-corrected chi connectivity index (χ1v) is 12.7. The van der Waals surface area contributed by atoms with E-state index in [0.717, 1.165) is 25.7 Å². The number of hydrogen-bond donors (Lipinski definition) is 3. The quantitative estimate of drug-likeness (QED) is 0.0984. The van der Waals surface area contributed by atoms with Gasteiger partial charge in [0.25, 0.3) is 0 Å². The minimum absolute atomic E-state index is 0.00582. The normalized spacial score (nSPS) is 12.9. The molecule has 0 aromatic heterocycles. The van der Waals surface area contributed by atoms with Crippen LogP contribution in [-0.2, 0) is 0 Å². The van der Waals surface area contributed by atoms with Crippen molar-refractivity contribution in [2.75, 3.05) is 11.9 Å². The first-order valence-electron chi connectivity index (χ1n) is 12.7. The number of halogens is 5. The number of hydrogen-bond acceptors (Lipinski definition) is 2. The fourth-order valence-corrected chi connectivity index (χ4v) is 4.81. The summed E-state index contributed by atoms with van der Waals surface area (Å²) in [4.78, 5) is 12.0. The van der Waals surface area contributed by atoms with E-state index in [0.29, 0.717) is 12.8 Å². The van der Waals surface area contributed by atoms with Gasteiger partial charge in [-0.05, 0) is 37.0 Å². The van der Waals surface area contributed by atoms with E-state index in [9.17, 15) is 31.9 Å². The van der Waals surface area contributed by atoms with Crippen LogP contribution in [0.3, 0.4) is 0 Å². The van der Waals surface area contributed by atoms with Gasteiger partial charge in [0.15, 0.2) is 23.3 Å². The molecule has 0 aliphatic rings. The molecule has 0 fully saturated rings. The van der Waals surface area contributed by atoms with Crippen molar-refractivity contribution in [1.82, 2.24) is 5.32 Å². The highest BCUT2D eigenvalue weighted by molar-refractivity contribution is 5.89. The molecule has 1 rings (SSSR count). The molecule has 1 atom stereocenters. The number of rotatable bonds is 15. The second kappa shape index (κ2) is 14.6. The van der Waals surface area contributed by atoms with Crippen LogP contribution in [0.1, 0.15) is 92.4 Å². The molecule has 0 bridgehead atoms. The molecular weight excluding hydrogens is 467 g/mol. The number of benzene rings is 1. The molecule has 35 heavy (non-hydrogen) atoms. The summed E-state index contributed by atoms with van der Waals surface area (Å²) in [6, 6.07) is -1.08. The number of aliphatic hydroxyl groups is 1. The zero-order chi connectivity index (χ0) is 26.8. The zero-order valence-electron chi connectivity index (χ0n) is 21.5. The number of amides is 2. The van der Waals surface area contributed by atoms with Crippen molar-refractivity contribution in [3.63, 3.8) is 0 Å². The van der Waals surface area contributed by atoms with Gasteiger partial charge in [-0.25, -0.2) is 26.7 Å². The van der Waals surface area contributed by atoms with Crippen LogP contribution in [0.4, 0.5) is 32.4 Å². The molecular formula is C26H41F5N2O2. The Morgan fingerprint density at radius 2 is 1.23 bits per heavy atom. The average molecular weight is 509 g/mol. The summed E-state index contributed by atoms with van der Waals surface area (Å²) in [5, 5.41) is 15.6. The van der Waals surface area contributed by atoms with E-state index in [-0.39, 0.29) is 24.3 Å². The van der Waals surface area contributed by atoms with Crippen LogP contribution in [0.25, 0.3) is 0 Å². The largest absolute Gasteiger partial charge is 0.389 e. The molecule has 0 radical (unpaired) electrons. The van der Waals surface area contributed by atoms with Gasteiger partial charge in [0, 0.05) is 6.54 Å². The van der Waals surface area contributed by atoms with Gasteiger partial charge in [-0.3, -0.25) is 0 Å². The van der Waals surface area contributed by atoms with E-state index < -0.39 is 46.4 Å². The lowest BCUT2D eigenvalue weighted by molar-refractivity contribution is -0.102. The summed E-state index contributed by atoms with van der Waals surface area (Å²) in [6.45, 7) is 10.2. The highest BCUT2D eigenvalue weighted by Crippen LogP contribution is 2.39. The maximum absolute atomic E-state index is 13.8. The molecule has 0 aliphatic heterocycles. The van der Waals surface area contributed by atoms with Crippen molar-refractivity contribution in [3.05, 3.63) is 29.1 Å². The smallest absolute Gasteiger partial charge is 0.319 e. The molecule has 0 saturated heterocycles. The third-order valence-electron chi connectivity index (χ3n) is 6.87. The van der Waals surface area contributed by atoms with Gasteiger partial charge in [-0.1, -0.05) is 73.1 Å². The molecule has 0 aliphatic carbocycles. The van der Waals surface area contributed by atoms with Crippen molar-refractivity contribution >= 4 is 11.7 Å². The van der Waals surface area contributed by atoms with Crippen molar-refractivity contribution in [2.45, 2.75) is 98.0 Å². The summed E-state index contributed by atoms with van der Waals surface area (Å²) in [6.07, 6.45) is 8.75.